The topological polar surface area (TPSA) is 66.5 Å². The summed E-state index contributed by atoms with van der Waals surface area (Å²) in [4.78, 5) is 40.0. The predicted molar refractivity (Wildman–Crippen MR) is 106 cm³/mol. The van der Waals surface area contributed by atoms with Crippen molar-refractivity contribution in [3.05, 3.63) is 59.7 Å². The molecule has 142 valence electrons. The zero-order chi connectivity index (χ0) is 19.4. The zero-order valence-corrected chi connectivity index (χ0v) is 15.7. The largest absolute Gasteiger partial charge is 0.322 e. The van der Waals surface area contributed by atoms with Gasteiger partial charge < -0.3 is 5.32 Å². The summed E-state index contributed by atoms with van der Waals surface area (Å²) >= 11 is 0. The quantitative estimate of drug-likeness (QED) is 0.832. The van der Waals surface area contributed by atoms with E-state index in [1.54, 1.807) is 24.3 Å². The number of benzene rings is 2. The number of carbonyl (C=O) groups is 3. The molecule has 1 aliphatic heterocycles. The highest BCUT2D eigenvalue weighted by Crippen LogP contribution is 2.56. The third-order valence-corrected chi connectivity index (χ3v) is 6.69. The number of imide groups is 1. The summed E-state index contributed by atoms with van der Waals surface area (Å²) in [7, 11) is 0. The van der Waals surface area contributed by atoms with E-state index < -0.39 is 0 Å². The van der Waals surface area contributed by atoms with E-state index in [1.807, 2.05) is 31.2 Å². The van der Waals surface area contributed by atoms with Gasteiger partial charge in [-0.2, -0.15) is 0 Å². The van der Waals surface area contributed by atoms with Crippen molar-refractivity contribution in [2.24, 2.45) is 23.7 Å². The first-order valence-corrected chi connectivity index (χ1v) is 9.89. The Morgan fingerprint density at radius 3 is 2.32 bits per heavy atom. The van der Waals surface area contributed by atoms with Crippen LogP contribution in [0.3, 0.4) is 0 Å². The Morgan fingerprint density at radius 1 is 0.964 bits per heavy atom. The van der Waals surface area contributed by atoms with E-state index in [-0.39, 0.29) is 29.6 Å². The summed E-state index contributed by atoms with van der Waals surface area (Å²) in [6.07, 6.45) is 3.12. The molecule has 0 radical (unpaired) electrons. The highest BCUT2D eigenvalue weighted by Gasteiger charge is 2.61. The molecular weight excluding hydrogens is 352 g/mol. The van der Waals surface area contributed by atoms with E-state index in [1.165, 1.54) is 4.90 Å². The Balaban J connectivity index is 1.42. The minimum Gasteiger partial charge on any atom is -0.322 e. The molecule has 0 spiro atoms. The number of fused-ring (bicyclic) bond motifs is 5. The van der Waals surface area contributed by atoms with Crippen LogP contribution in [0.25, 0.3) is 0 Å². The monoisotopic (exact) mass is 374 g/mol. The van der Waals surface area contributed by atoms with Gasteiger partial charge in [-0.05, 0) is 67.9 Å². The zero-order valence-electron chi connectivity index (χ0n) is 15.7. The van der Waals surface area contributed by atoms with Gasteiger partial charge >= 0.3 is 0 Å². The molecule has 5 nitrogen and oxygen atoms in total. The van der Waals surface area contributed by atoms with Gasteiger partial charge in [-0.3, -0.25) is 19.3 Å². The van der Waals surface area contributed by atoms with Gasteiger partial charge in [0.1, 0.15) is 0 Å². The van der Waals surface area contributed by atoms with Crippen LogP contribution < -0.4 is 10.2 Å². The molecule has 1 N–H and O–H groups in total. The predicted octanol–water partition coefficient (Wildman–Crippen LogP) is 3.78. The van der Waals surface area contributed by atoms with Crippen molar-refractivity contribution >= 4 is 29.1 Å². The van der Waals surface area contributed by atoms with Crippen molar-refractivity contribution < 1.29 is 14.4 Å². The van der Waals surface area contributed by atoms with Gasteiger partial charge in [-0.1, -0.05) is 24.3 Å². The number of nitrogens with one attached hydrogen (secondary N) is 1. The number of para-hydroxylation sites is 1. The molecule has 5 heteroatoms. The second-order valence-corrected chi connectivity index (χ2v) is 8.22. The molecule has 5 rings (SSSR count). The fourth-order valence-corrected chi connectivity index (χ4v) is 5.36. The number of carbonyl (C=O) groups excluding carboxylic acids is 3. The van der Waals surface area contributed by atoms with E-state index in [0.717, 1.165) is 30.5 Å². The second-order valence-electron chi connectivity index (χ2n) is 8.22. The summed E-state index contributed by atoms with van der Waals surface area (Å²) in [5, 5.41) is 2.90. The van der Waals surface area contributed by atoms with Crippen molar-refractivity contribution in [2.75, 3.05) is 10.2 Å². The molecule has 1 heterocycles. The smallest absolute Gasteiger partial charge is 0.255 e. The Hall–Kier alpha value is -2.95. The van der Waals surface area contributed by atoms with Gasteiger partial charge in [0.25, 0.3) is 5.91 Å². The van der Waals surface area contributed by atoms with Crippen molar-refractivity contribution in [1.82, 2.24) is 0 Å². The minimum atomic E-state index is -0.254. The molecule has 2 aromatic rings. The van der Waals surface area contributed by atoms with Crippen LogP contribution in [0.5, 0.6) is 0 Å². The summed E-state index contributed by atoms with van der Waals surface area (Å²) in [6, 6.07) is 14.4. The number of nitrogens with zero attached hydrogens (tertiary/aromatic N) is 1. The fraction of sp³-hybridized carbons (Fsp3) is 0.348. The first kappa shape index (κ1) is 17.2. The van der Waals surface area contributed by atoms with E-state index in [2.05, 4.69) is 5.32 Å². The van der Waals surface area contributed by atoms with Crippen LogP contribution >= 0.6 is 0 Å². The van der Waals surface area contributed by atoms with Crippen LogP contribution in [0.1, 0.15) is 35.2 Å². The first-order valence-electron chi connectivity index (χ1n) is 9.89. The highest BCUT2D eigenvalue weighted by atomic mass is 16.2. The summed E-state index contributed by atoms with van der Waals surface area (Å²) in [5.74, 6) is -0.0350. The molecular formula is C23H22N2O3. The van der Waals surface area contributed by atoms with Crippen LogP contribution in [0.4, 0.5) is 11.4 Å². The third kappa shape index (κ3) is 2.49. The molecule has 2 aromatic carbocycles. The summed E-state index contributed by atoms with van der Waals surface area (Å²) in [6.45, 7) is 1.93. The molecule has 0 aromatic heterocycles. The number of aryl methyl sites for hydroxylation is 1. The maximum Gasteiger partial charge on any atom is 0.255 e. The third-order valence-electron chi connectivity index (χ3n) is 6.69. The molecule has 3 amide bonds. The maximum atomic E-state index is 13.0. The Kier molecular flexibility index (Phi) is 3.86. The first-order chi connectivity index (χ1) is 13.5. The summed E-state index contributed by atoms with van der Waals surface area (Å²) in [5.41, 5.74) is 2.65. The normalized spacial score (nSPS) is 28.0. The molecule has 0 unspecified atom stereocenters. The number of amides is 3. The Morgan fingerprint density at radius 2 is 1.64 bits per heavy atom. The second kappa shape index (κ2) is 6.30. The molecule has 2 bridgehead atoms. The lowest BCUT2D eigenvalue weighted by molar-refractivity contribution is -0.123. The lowest BCUT2D eigenvalue weighted by Crippen LogP contribution is -2.33. The molecule has 28 heavy (non-hydrogen) atoms. The fourth-order valence-electron chi connectivity index (χ4n) is 5.36. The molecule has 1 saturated heterocycles. The van der Waals surface area contributed by atoms with E-state index in [9.17, 15) is 14.4 Å². The Bertz CT molecular complexity index is 971. The average Bonchev–Trinajstić information content (AvgIpc) is 3.37. The molecule has 3 fully saturated rings. The molecule has 4 atom stereocenters. The molecule has 2 saturated carbocycles. The van der Waals surface area contributed by atoms with Gasteiger partial charge in [0.15, 0.2) is 0 Å². The minimum absolute atomic E-state index is 0.0846. The van der Waals surface area contributed by atoms with Crippen molar-refractivity contribution in [2.45, 2.75) is 26.2 Å². The molecule has 3 aliphatic rings. The number of anilines is 2. The van der Waals surface area contributed by atoms with Crippen LogP contribution in [-0.4, -0.2) is 17.7 Å². The number of hydrogen-bond acceptors (Lipinski definition) is 3. The number of hydrogen-bond donors (Lipinski definition) is 1. The van der Waals surface area contributed by atoms with Crippen molar-refractivity contribution in [3.8, 4) is 0 Å². The van der Waals surface area contributed by atoms with E-state index in [4.69, 9.17) is 0 Å². The van der Waals surface area contributed by atoms with Gasteiger partial charge in [0.05, 0.1) is 17.5 Å². The van der Waals surface area contributed by atoms with Crippen LogP contribution in [0.2, 0.25) is 0 Å². The van der Waals surface area contributed by atoms with Crippen LogP contribution in [0, 0.1) is 30.6 Å². The average molecular weight is 374 g/mol. The van der Waals surface area contributed by atoms with E-state index >= 15 is 0 Å². The standard InChI is InChI=1S/C23H22N2O3/c1-13-5-2-3-8-18(13)24-21(26)16-6-4-7-17(12-16)25-22(27)19-14-9-10-15(11-14)20(19)23(25)28/h2-8,12,14-15,19-20H,9-11H2,1H3,(H,24,26)/t14-,15+,19-,20+. The lowest BCUT2D eigenvalue weighted by Gasteiger charge is -2.19. The number of rotatable bonds is 3. The van der Waals surface area contributed by atoms with Gasteiger partial charge in [0.2, 0.25) is 11.8 Å². The van der Waals surface area contributed by atoms with Crippen LogP contribution in [-0.2, 0) is 9.59 Å². The van der Waals surface area contributed by atoms with Gasteiger partial charge in [-0.25, -0.2) is 0 Å². The molecule has 2 aliphatic carbocycles. The van der Waals surface area contributed by atoms with Gasteiger partial charge in [0, 0.05) is 11.3 Å². The Labute approximate surface area is 163 Å². The van der Waals surface area contributed by atoms with Gasteiger partial charge in [-0.15, -0.1) is 0 Å². The summed E-state index contributed by atoms with van der Waals surface area (Å²) < 4.78 is 0. The van der Waals surface area contributed by atoms with E-state index in [0.29, 0.717) is 23.1 Å². The van der Waals surface area contributed by atoms with Crippen LogP contribution in [0.15, 0.2) is 48.5 Å². The maximum absolute atomic E-state index is 13.0. The lowest BCUT2D eigenvalue weighted by atomic mass is 9.81. The SMILES string of the molecule is Cc1ccccc1NC(=O)c1cccc(N2C(=O)[C@@H]3[C@@H]4CC[C@@H](C4)[C@@H]3C2=O)c1. The highest BCUT2D eigenvalue weighted by molar-refractivity contribution is 6.23. The van der Waals surface area contributed by atoms with Crippen molar-refractivity contribution in [3.63, 3.8) is 0 Å². The van der Waals surface area contributed by atoms with Crippen molar-refractivity contribution in [1.29, 1.82) is 0 Å².